The minimum absolute atomic E-state index is 0.0836. The molecule has 2 aromatic carbocycles. The van der Waals surface area contributed by atoms with Crippen LogP contribution in [0.15, 0.2) is 67.9 Å². The molecule has 1 aliphatic heterocycles. The number of rotatable bonds is 5. The average Bonchev–Trinajstić information content (AvgIpc) is 2.80. The molecule has 3 aliphatic rings. The number of carboxylic acid groups (broad SMARTS) is 1. The number of aromatic carboxylic acids is 1. The lowest BCUT2D eigenvalue weighted by atomic mass is 9.64. The molecule has 0 unspecified atom stereocenters. The smallest absolute Gasteiger partial charge is 0.335 e. The molecule has 0 atom stereocenters. The Hall–Kier alpha value is -2.71. The van der Waals surface area contributed by atoms with Crippen LogP contribution < -0.4 is 10.1 Å². The maximum Gasteiger partial charge on any atom is 0.335 e. The maximum absolute atomic E-state index is 13.6. The number of carboxylic acids is 1. The van der Waals surface area contributed by atoms with Crippen LogP contribution in [0.1, 0.15) is 80.8 Å². The summed E-state index contributed by atoms with van der Waals surface area (Å²) in [4.78, 5) is 38.3. The number of dihydropyridines is 1. The number of nitrogens with one attached hydrogen (secondary N) is 1. The zero-order chi connectivity index (χ0) is 28.3. The summed E-state index contributed by atoms with van der Waals surface area (Å²) < 4.78 is 7.49. The minimum Gasteiger partial charge on any atom is -0.487 e. The summed E-state index contributed by atoms with van der Waals surface area (Å²) in [5, 5.41) is 12.7. The first-order valence-electron chi connectivity index (χ1n) is 13.0. The molecule has 2 aromatic rings. The Morgan fingerprint density at radius 2 is 1.38 bits per heavy atom. The fourth-order valence-corrected chi connectivity index (χ4v) is 7.46. The van der Waals surface area contributed by atoms with E-state index in [1.54, 1.807) is 24.3 Å². The van der Waals surface area contributed by atoms with Gasteiger partial charge in [0.25, 0.3) is 0 Å². The van der Waals surface area contributed by atoms with Crippen molar-refractivity contribution in [3.63, 3.8) is 0 Å². The molecule has 6 nitrogen and oxygen atoms in total. The second kappa shape index (κ2) is 10.0. The Kier molecular flexibility index (Phi) is 7.17. The molecule has 2 N–H and O–H groups in total. The van der Waals surface area contributed by atoms with E-state index in [2.05, 4.69) is 64.9 Å². The van der Waals surface area contributed by atoms with Gasteiger partial charge in [0.2, 0.25) is 0 Å². The summed E-state index contributed by atoms with van der Waals surface area (Å²) in [7, 11) is 0. The highest BCUT2D eigenvalue weighted by molar-refractivity contribution is 9.11. The zero-order valence-corrected chi connectivity index (χ0v) is 25.6. The van der Waals surface area contributed by atoms with Gasteiger partial charge >= 0.3 is 5.97 Å². The molecule has 0 bridgehead atoms. The fourth-order valence-electron chi connectivity index (χ4n) is 6.01. The standard InChI is InChI=1S/C31H31Br2NO5/c1-30(2)11-21-26(23(35)13-30)25(27-22(34-21)12-31(3,4)14-24(27)36)18-9-19(32)28(20(33)10-18)39-15-16-5-7-17(8-6-16)29(37)38/h5-10,25,34H,11-15H2,1-4H3,(H,37,38). The molecular formula is C31H31Br2NO5. The Balaban J connectivity index is 1.52. The summed E-state index contributed by atoms with van der Waals surface area (Å²) in [5.74, 6) is -0.655. The normalized spacial score (nSPS) is 20.4. The lowest BCUT2D eigenvalue weighted by Gasteiger charge is -2.44. The molecular weight excluding hydrogens is 626 g/mol. The summed E-state index contributed by atoms with van der Waals surface area (Å²) >= 11 is 7.32. The summed E-state index contributed by atoms with van der Waals surface area (Å²) in [5.41, 5.74) is 4.87. The van der Waals surface area contributed by atoms with E-state index in [0.29, 0.717) is 38.7 Å². The first-order chi connectivity index (χ1) is 18.2. The number of ketones is 2. The molecule has 0 aromatic heterocycles. The molecule has 2 aliphatic carbocycles. The van der Waals surface area contributed by atoms with Gasteiger partial charge in [0.05, 0.1) is 14.5 Å². The van der Waals surface area contributed by atoms with Crippen molar-refractivity contribution in [3.8, 4) is 5.75 Å². The summed E-state index contributed by atoms with van der Waals surface area (Å²) in [6, 6.07) is 10.4. The van der Waals surface area contributed by atoms with Gasteiger partial charge < -0.3 is 15.2 Å². The number of allylic oxidation sites excluding steroid dienone is 4. The van der Waals surface area contributed by atoms with Crippen LogP contribution in [0.25, 0.3) is 0 Å². The number of hydrogen-bond donors (Lipinski definition) is 2. The largest absolute Gasteiger partial charge is 0.487 e. The van der Waals surface area contributed by atoms with Crippen molar-refractivity contribution in [2.24, 2.45) is 10.8 Å². The van der Waals surface area contributed by atoms with E-state index >= 15 is 0 Å². The van der Waals surface area contributed by atoms with Crippen LogP contribution in [0.5, 0.6) is 5.75 Å². The van der Waals surface area contributed by atoms with Crippen molar-refractivity contribution in [1.82, 2.24) is 5.32 Å². The molecule has 1 heterocycles. The van der Waals surface area contributed by atoms with E-state index in [4.69, 9.17) is 9.84 Å². The van der Waals surface area contributed by atoms with Crippen LogP contribution in [0.2, 0.25) is 0 Å². The van der Waals surface area contributed by atoms with Crippen molar-refractivity contribution in [2.45, 2.75) is 65.9 Å². The van der Waals surface area contributed by atoms with Gasteiger partial charge in [-0.05, 0) is 90.9 Å². The van der Waals surface area contributed by atoms with E-state index in [1.807, 2.05) is 12.1 Å². The molecule has 39 heavy (non-hydrogen) atoms. The second-order valence-electron chi connectivity index (χ2n) is 12.3. The van der Waals surface area contributed by atoms with E-state index in [-0.39, 0.29) is 34.6 Å². The van der Waals surface area contributed by atoms with Gasteiger partial charge in [0.1, 0.15) is 12.4 Å². The molecule has 5 rings (SSSR count). The predicted octanol–water partition coefficient (Wildman–Crippen LogP) is 7.46. The van der Waals surface area contributed by atoms with Crippen molar-refractivity contribution >= 4 is 49.4 Å². The van der Waals surface area contributed by atoms with E-state index < -0.39 is 11.9 Å². The fraction of sp³-hybridized carbons (Fsp3) is 0.387. The SMILES string of the molecule is CC1(C)CC(=O)C2=C(C1)NC1=C(C(=O)CC(C)(C)C1)C2c1cc(Br)c(OCc2ccc(C(=O)O)cc2)c(Br)c1. The molecule has 8 heteroatoms. The van der Waals surface area contributed by atoms with Gasteiger partial charge in [-0.15, -0.1) is 0 Å². The Morgan fingerprint density at radius 1 is 0.897 bits per heavy atom. The summed E-state index contributed by atoms with van der Waals surface area (Å²) in [6.07, 6.45) is 2.38. The third kappa shape index (κ3) is 5.50. The highest BCUT2D eigenvalue weighted by Crippen LogP contribution is 2.52. The first kappa shape index (κ1) is 27.8. The zero-order valence-electron chi connectivity index (χ0n) is 22.4. The van der Waals surface area contributed by atoms with Crippen LogP contribution in [-0.4, -0.2) is 22.6 Å². The lowest BCUT2D eigenvalue weighted by molar-refractivity contribution is -0.119. The maximum atomic E-state index is 13.6. The Labute approximate surface area is 245 Å². The third-order valence-electron chi connectivity index (χ3n) is 7.66. The second-order valence-corrected chi connectivity index (χ2v) is 14.0. The van der Waals surface area contributed by atoms with Gasteiger partial charge in [-0.1, -0.05) is 39.8 Å². The molecule has 0 spiro atoms. The van der Waals surface area contributed by atoms with Gasteiger partial charge in [0, 0.05) is 41.3 Å². The van der Waals surface area contributed by atoms with Crippen LogP contribution in [0.3, 0.4) is 0 Å². The van der Waals surface area contributed by atoms with Crippen LogP contribution in [0.4, 0.5) is 0 Å². The number of halogens is 2. The molecule has 0 saturated carbocycles. The monoisotopic (exact) mass is 655 g/mol. The molecule has 204 valence electrons. The van der Waals surface area contributed by atoms with Crippen molar-refractivity contribution in [3.05, 3.63) is 84.6 Å². The van der Waals surface area contributed by atoms with Crippen LogP contribution >= 0.6 is 31.9 Å². The van der Waals surface area contributed by atoms with Crippen molar-refractivity contribution < 1.29 is 24.2 Å². The Bertz CT molecular complexity index is 1390. The van der Waals surface area contributed by atoms with E-state index in [1.165, 1.54) is 0 Å². The van der Waals surface area contributed by atoms with Crippen molar-refractivity contribution in [1.29, 1.82) is 0 Å². The van der Waals surface area contributed by atoms with Gasteiger partial charge in [-0.25, -0.2) is 4.79 Å². The van der Waals surface area contributed by atoms with Crippen molar-refractivity contribution in [2.75, 3.05) is 0 Å². The minimum atomic E-state index is -0.974. The van der Waals surface area contributed by atoms with Gasteiger partial charge in [-0.2, -0.15) is 0 Å². The van der Waals surface area contributed by atoms with E-state index in [0.717, 1.165) is 35.4 Å². The van der Waals surface area contributed by atoms with Crippen LogP contribution in [-0.2, 0) is 16.2 Å². The molecule has 0 saturated heterocycles. The molecule has 0 radical (unpaired) electrons. The number of ether oxygens (including phenoxy) is 1. The number of hydrogen-bond acceptors (Lipinski definition) is 5. The van der Waals surface area contributed by atoms with E-state index in [9.17, 15) is 14.4 Å². The average molecular weight is 657 g/mol. The quantitative estimate of drug-likeness (QED) is 0.347. The number of carbonyl (C=O) groups is 3. The highest BCUT2D eigenvalue weighted by Gasteiger charge is 2.46. The number of carbonyl (C=O) groups excluding carboxylic acids is 2. The molecule has 0 fully saturated rings. The topological polar surface area (TPSA) is 92.7 Å². The van der Waals surface area contributed by atoms with Crippen LogP contribution in [0, 0.1) is 10.8 Å². The lowest BCUT2D eigenvalue weighted by Crippen LogP contribution is -2.42. The number of benzene rings is 2. The number of Topliss-reactive ketones (excluding diaryl/α,β-unsaturated/α-hetero) is 2. The predicted molar refractivity (Wildman–Crippen MR) is 156 cm³/mol. The van der Waals surface area contributed by atoms with Gasteiger partial charge in [-0.3, -0.25) is 9.59 Å². The highest BCUT2D eigenvalue weighted by atomic mass is 79.9. The van der Waals surface area contributed by atoms with Gasteiger partial charge in [0.15, 0.2) is 11.6 Å². The summed E-state index contributed by atoms with van der Waals surface area (Å²) in [6.45, 7) is 8.69. The molecule has 0 amide bonds. The third-order valence-corrected chi connectivity index (χ3v) is 8.84. The Morgan fingerprint density at radius 3 is 1.85 bits per heavy atom. The first-order valence-corrected chi connectivity index (χ1v) is 14.6.